The lowest BCUT2D eigenvalue weighted by molar-refractivity contribution is 0.319. The van der Waals surface area contributed by atoms with Crippen molar-refractivity contribution in [2.24, 2.45) is 0 Å². The number of hydrogen-bond donors (Lipinski definition) is 0. The first-order chi connectivity index (χ1) is 10.4. The second kappa shape index (κ2) is 5.08. The van der Waals surface area contributed by atoms with Crippen LogP contribution in [0.5, 0.6) is 0 Å². The van der Waals surface area contributed by atoms with Gasteiger partial charge in [0.1, 0.15) is 6.17 Å². The Bertz CT molecular complexity index is 666. The summed E-state index contributed by atoms with van der Waals surface area (Å²) in [7, 11) is 0. The van der Waals surface area contributed by atoms with E-state index >= 15 is 0 Å². The van der Waals surface area contributed by atoms with Gasteiger partial charge in [-0.05, 0) is 30.5 Å². The smallest absolute Gasteiger partial charge is 0.130 e. The van der Waals surface area contributed by atoms with Gasteiger partial charge in [-0.1, -0.05) is 53.6 Å². The van der Waals surface area contributed by atoms with E-state index in [0.29, 0.717) is 0 Å². The van der Waals surface area contributed by atoms with E-state index in [1.54, 1.807) is 0 Å². The number of fused-ring (bicyclic) bond motifs is 1. The summed E-state index contributed by atoms with van der Waals surface area (Å²) in [6.45, 7) is 1.10. The fraction of sp³-hybridized carbons (Fsp3) is 0.222. The summed E-state index contributed by atoms with van der Waals surface area (Å²) in [5, 5.41) is 0.993. The molecule has 2 aromatic rings. The number of allylic oxidation sites excluding steroid dienone is 1. The highest BCUT2D eigenvalue weighted by Crippen LogP contribution is 2.46. The fourth-order valence-corrected chi connectivity index (χ4v) is 3.81. The monoisotopic (exact) mass is 293 g/mol. The third kappa shape index (κ3) is 2.00. The van der Waals surface area contributed by atoms with Gasteiger partial charge in [-0.2, -0.15) is 0 Å². The Morgan fingerprint density at radius 2 is 1.57 bits per heavy atom. The van der Waals surface area contributed by atoms with Crippen molar-refractivity contribution < 1.29 is 0 Å². The highest BCUT2D eigenvalue weighted by atomic mass is 32.1. The maximum Gasteiger partial charge on any atom is 0.130 e. The molecule has 0 amide bonds. The number of rotatable bonds is 2. The van der Waals surface area contributed by atoms with Gasteiger partial charge in [0.25, 0.3) is 0 Å². The Kier molecular flexibility index (Phi) is 3.08. The lowest BCUT2D eigenvalue weighted by Gasteiger charge is -2.36. The Balaban J connectivity index is 1.83. The van der Waals surface area contributed by atoms with Gasteiger partial charge in [0.2, 0.25) is 0 Å². The Hall–Kier alpha value is -2.00. The zero-order chi connectivity index (χ0) is 14.2. The summed E-state index contributed by atoms with van der Waals surface area (Å²) >= 11 is 5.78. The molecule has 0 aliphatic carbocycles. The largest absolute Gasteiger partial charge is 0.760 e. The molecule has 2 aliphatic heterocycles. The lowest BCUT2D eigenvalue weighted by atomic mass is 10.1. The van der Waals surface area contributed by atoms with Crippen molar-refractivity contribution in [2.75, 3.05) is 11.4 Å². The summed E-state index contributed by atoms with van der Waals surface area (Å²) in [5.41, 5.74) is 3.82. The molecule has 0 saturated carbocycles. The van der Waals surface area contributed by atoms with Crippen LogP contribution in [-0.4, -0.2) is 11.4 Å². The van der Waals surface area contributed by atoms with E-state index in [1.165, 1.54) is 23.4 Å². The molecular formula is C18H17N2S-. The second-order valence-electron chi connectivity index (χ2n) is 5.54. The standard InChI is InChI=1S/C18H18N2S/c21-18-16-12-7-13-19(16)17(14-8-3-1-4-9-14)20(18)15-10-5-2-6-11-15/h1-6,8-11,17,21H,7,12-13H2/p-1. The number of anilines is 1. The molecule has 0 radical (unpaired) electrons. The quantitative estimate of drug-likeness (QED) is 0.772. The molecule has 4 rings (SSSR count). The molecule has 2 nitrogen and oxygen atoms in total. The van der Waals surface area contributed by atoms with Crippen molar-refractivity contribution >= 4 is 18.3 Å². The highest BCUT2D eigenvalue weighted by molar-refractivity contribution is 7.63. The van der Waals surface area contributed by atoms with E-state index in [2.05, 4.69) is 70.5 Å². The van der Waals surface area contributed by atoms with Crippen molar-refractivity contribution in [1.82, 2.24) is 4.90 Å². The van der Waals surface area contributed by atoms with Gasteiger partial charge in [-0.25, -0.2) is 0 Å². The van der Waals surface area contributed by atoms with Gasteiger partial charge in [0.15, 0.2) is 0 Å². The van der Waals surface area contributed by atoms with Crippen LogP contribution in [0.25, 0.3) is 0 Å². The molecule has 0 N–H and O–H groups in total. The maximum absolute atomic E-state index is 5.78. The third-order valence-electron chi connectivity index (χ3n) is 4.30. The van der Waals surface area contributed by atoms with E-state index in [1.807, 2.05) is 0 Å². The van der Waals surface area contributed by atoms with E-state index in [9.17, 15) is 0 Å². The summed E-state index contributed by atoms with van der Waals surface area (Å²) in [6, 6.07) is 21.2. The SMILES string of the molecule is [S-]C1=C2CCCN2C(c2ccccc2)N1c1ccccc1. The molecule has 21 heavy (non-hydrogen) atoms. The first-order valence-electron chi connectivity index (χ1n) is 7.42. The molecule has 1 fully saturated rings. The zero-order valence-electron chi connectivity index (χ0n) is 11.8. The molecule has 106 valence electrons. The molecule has 2 aromatic carbocycles. The maximum atomic E-state index is 5.78. The van der Waals surface area contributed by atoms with Crippen molar-refractivity contribution in [3.05, 3.63) is 77.0 Å². The van der Waals surface area contributed by atoms with Gasteiger partial charge in [-0.3, -0.25) is 0 Å². The van der Waals surface area contributed by atoms with Crippen LogP contribution in [0.3, 0.4) is 0 Å². The van der Waals surface area contributed by atoms with Crippen molar-refractivity contribution in [3.63, 3.8) is 0 Å². The molecule has 1 unspecified atom stereocenters. The Labute approximate surface area is 131 Å². The van der Waals surface area contributed by atoms with Crippen LogP contribution in [-0.2, 0) is 12.6 Å². The van der Waals surface area contributed by atoms with Gasteiger partial charge in [0, 0.05) is 17.9 Å². The second-order valence-corrected chi connectivity index (χ2v) is 5.93. The molecule has 2 aliphatic rings. The minimum absolute atomic E-state index is 0.207. The van der Waals surface area contributed by atoms with Crippen LogP contribution in [0, 0.1) is 0 Å². The molecule has 3 heteroatoms. The topological polar surface area (TPSA) is 6.48 Å². The van der Waals surface area contributed by atoms with Gasteiger partial charge in [-0.15, -0.1) is 0 Å². The van der Waals surface area contributed by atoms with E-state index < -0.39 is 0 Å². The van der Waals surface area contributed by atoms with Gasteiger partial charge < -0.3 is 22.4 Å². The van der Waals surface area contributed by atoms with Crippen LogP contribution in [0.4, 0.5) is 5.69 Å². The summed E-state index contributed by atoms with van der Waals surface area (Å²) in [4.78, 5) is 4.78. The average Bonchev–Trinajstić information content (AvgIpc) is 3.11. The molecule has 0 bridgehead atoms. The molecule has 0 spiro atoms. The molecule has 1 atom stereocenters. The van der Waals surface area contributed by atoms with Crippen LogP contribution in [0.2, 0.25) is 0 Å². The summed E-state index contributed by atoms with van der Waals surface area (Å²) in [6.07, 6.45) is 2.52. The average molecular weight is 293 g/mol. The summed E-state index contributed by atoms with van der Waals surface area (Å²) < 4.78 is 0. The molecule has 0 aromatic heterocycles. The first kappa shape index (κ1) is 12.7. The Morgan fingerprint density at radius 3 is 2.29 bits per heavy atom. The molecular weight excluding hydrogens is 276 g/mol. The highest BCUT2D eigenvalue weighted by Gasteiger charge is 2.37. The van der Waals surface area contributed by atoms with Gasteiger partial charge >= 0.3 is 0 Å². The van der Waals surface area contributed by atoms with Gasteiger partial charge in [0.05, 0.1) is 0 Å². The fourth-order valence-electron chi connectivity index (χ4n) is 3.39. The normalized spacial score (nSPS) is 21.0. The molecule has 2 heterocycles. The first-order valence-corrected chi connectivity index (χ1v) is 7.83. The van der Waals surface area contributed by atoms with E-state index in [0.717, 1.165) is 18.0 Å². The minimum atomic E-state index is 0.207. The number of para-hydroxylation sites is 1. The number of benzene rings is 2. The van der Waals surface area contributed by atoms with Crippen LogP contribution in [0.15, 0.2) is 71.4 Å². The lowest BCUT2D eigenvalue weighted by Crippen LogP contribution is -2.31. The number of hydrogen-bond acceptors (Lipinski definition) is 3. The Morgan fingerprint density at radius 1 is 0.905 bits per heavy atom. The predicted molar refractivity (Wildman–Crippen MR) is 88.4 cm³/mol. The van der Waals surface area contributed by atoms with Crippen molar-refractivity contribution in [1.29, 1.82) is 0 Å². The summed E-state index contributed by atoms with van der Waals surface area (Å²) in [5.74, 6) is 0. The molecule has 1 saturated heterocycles. The van der Waals surface area contributed by atoms with Crippen LogP contribution >= 0.6 is 0 Å². The van der Waals surface area contributed by atoms with E-state index in [4.69, 9.17) is 12.6 Å². The number of nitrogens with zero attached hydrogens (tertiary/aromatic N) is 2. The van der Waals surface area contributed by atoms with E-state index in [-0.39, 0.29) is 6.17 Å². The minimum Gasteiger partial charge on any atom is -0.760 e. The third-order valence-corrected chi connectivity index (χ3v) is 4.73. The van der Waals surface area contributed by atoms with Crippen LogP contribution in [0.1, 0.15) is 24.6 Å². The van der Waals surface area contributed by atoms with Crippen molar-refractivity contribution in [2.45, 2.75) is 19.0 Å². The predicted octanol–water partition coefficient (Wildman–Crippen LogP) is 4.02. The van der Waals surface area contributed by atoms with Crippen LogP contribution < -0.4 is 4.90 Å². The van der Waals surface area contributed by atoms with Crippen molar-refractivity contribution in [3.8, 4) is 0 Å². The zero-order valence-corrected chi connectivity index (χ0v) is 12.6.